The van der Waals surface area contributed by atoms with Gasteiger partial charge >= 0.3 is 0 Å². The molecular formula is C15H21N3O2. The predicted octanol–water partition coefficient (Wildman–Crippen LogP) is 0.553. The van der Waals surface area contributed by atoms with Gasteiger partial charge in [-0.15, -0.1) is 0 Å². The van der Waals surface area contributed by atoms with E-state index in [2.05, 4.69) is 0 Å². The van der Waals surface area contributed by atoms with E-state index in [1.807, 2.05) is 31.2 Å². The minimum atomic E-state index is -0.597. The van der Waals surface area contributed by atoms with Crippen LogP contribution in [0.25, 0.3) is 0 Å². The second kappa shape index (κ2) is 6.05. The lowest BCUT2D eigenvalue weighted by atomic mass is 9.92. The molecule has 0 spiro atoms. The number of primary amides is 1. The van der Waals surface area contributed by atoms with Crippen LogP contribution in [0.2, 0.25) is 0 Å². The molecule has 108 valence electrons. The molecule has 5 nitrogen and oxygen atoms in total. The smallest absolute Gasteiger partial charge is 0.240 e. The predicted molar refractivity (Wildman–Crippen MR) is 76.6 cm³/mol. The summed E-state index contributed by atoms with van der Waals surface area (Å²) in [5, 5.41) is 0. The van der Waals surface area contributed by atoms with Crippen LogP contribution in [0.3, 0.4) is 0 Å². The molecule has 0 saturated carbocycles. The first-order valence-electron chi connectivity index (χ1n) is 6.96. The van der Waals surface area contributed by atoms with E-state index in [1.165, 1.54) is 4.90 Å². The van der Waals surface area contributed by atoms with E-state index < -0.39 is 18.0 Å². The van der Waals surface area contributed by atoms with Crippen molar-refractivity contribution in [2.75, 3.05) is 0 Å². The molecule has 1 unspecified atom stereocenters. The minimum Gasteiger partial charge on any atom is -0.368 e. The van der Waals surface area contributed by atoms with E-state index in [0.717, 1.165) is 17.5 Å². The lowest BCUT2D eigenvalue weighted by molar-refractivity contribution is -0.141. The van der Waals surface area contributed by atoms with Crippen molar-refractivity contribution in [1.82, 2.24) is 4.90 Å². The summed E-state index contributed by atoms with van der Waals surface area (Å²) in [6.45, 7) is 2.38. The monoisotopic (exact) mass is 275 g/mol. The molecule has 4 N–H and O–H groups in total. The van der Waals surface area contributed by atoms with Crippen molar-refractivity contribution >= 4 is 11.8 Å². The van der Waals surface area contributed by atoms with Crippen LogP contribution in [0, 0.1) is 0 Å². The Hall–Kier alpha value is -1.88. The van der Waals surface area contributed by atoms with Gasteiger partial charge in [0.05, 0.1) is 6.04 Å². The van der Waals surface area contributed by atoms with Gasteiger partial charge in [0.2, 0.25) is 11.8 Å². The Morgan fingerprint density at radius 3 is 2.60 bits per heavy atom. The second-order valence-electron chi connectivity index (χ2n) is 5.25. The van der Waals surface area contributed by atoms with Crippen LogP contribution < -0.4 is 11.5 Å². The molecule has 0 radical (unpaired) electrons. The molecule has 0 aromatic heterocycles. The summed E-state index contributed by atoms with van der Waals surface area (Å²) in [7, 11) is 0. The first-order valence-corrected chi connectivity index (χ1v) is 6.96. The number of benzene rings is 1. The van der Waals surface area contributed by atoms with Crippen molar-refractivity contribution in [3.8, 4) is 0 Å². The molecule has 2 amide bonds. The van der Waals surface area contributed by atoms with E-state index in [-0.39, 0.29) is 5.91 Å². The molecule has 5 heteroatoms. The fourth-order valence-corrected chi connectivity index (χ4v) is 2.66. The molecule has 20 heavy (non-hydrogen) atoms. The molecule has 1 aromatic carbocycles. The first kappa shape index (κ1) is 14.5. The number of nitrogens with two attached hydrogens (primary N) is 2. The van der Waals surface area contributed by atoms with Crippen LogP contribution in [-0.2, 0) is 22.6 Å². The number of amides is 2. The Labute approximate surface area is 118 Å². The Morgan fingerprint density at radius 1 is 1.35 bits per heavy atom. The largest absolute Gasteiger partial charge is 0.368 e. The molecule has 1 heterocycles. The summed E-state index contributed by atoms with van der Waals surface area (Å²) in [5.41, 5.74) is 13.5. The SMILES string of the molecule is CCCC(N)C(=O)N1Cc2ccccc2C[C@H]1C(N)=O. The molecule has 2 atom stereocenters. The molecule has 1 aliphatic rings. The average molecular weight is 275 g/mol. The van der Waals surface area contributed by atoms with Crippen molar-refractivity contribution in [2.24, 2.45) is 11.5 Å². The summed E-state index contributed by atoms with van der Waals surface area (Å²) in [6.07, 6.45) is 1.91. The van der Waals surface area contributed by atoms with Gasteiger partial charge < -0.3 is 16.4 Å². The fourth-order valence-electron chi connectivity index (χ4n) is 2.66. The van der Waals surface area contributed by atoms with Crippen molar-refractivity contribution in [2.45, 2.75) is 44.8 Å². The molecule has 0 aliphatic carbocycles. The number of hydrogen-bond donors (Lipinski definition) is 2. The first-order chi connectivity index (χ1) is 9.54. The van der Waals surface area contributed by atoms with Gasteiger partial charge in [0.25, 0.3) is 0 Å². The summed E-state index contributed by atoms with van der Waals surface area (Å²) in [5.74, 6) is -0.665. The van der Waals surface area contributed by atoms with Gasteiger partial charge in [0.1, 0.15) is 6.04 Å². The Kier molecular flexibility index (Phi) is 4.39. The van der Waals surface area contributed by atoms with Gasteiger partial charge in [-0.05, 0) is 17.5 Å². The zero-order valence-corrected chi connectivity index (χ0v) is 11.7. The van der Waals surface area contributed by atoms with E-state index in [1.54, 1.807) is 0 Å². The van der Waals surface area contributed by atoms with E-state index >= 15 is 0 Å². The third-order valence-corrected chi connectivity index (χ3v) is 3.78. The maximum absolute atomic E-state index is 12.4. The molecular weight excluding hydrogens is 254 g/mol. The van der Waals surface area contributed by atoms with Gasteiger partial charge in [-0.3, -0.25) is 9.59 Å². The Bertz CT molecular complexity index is 516. The molecule has 0 bridgehead atoms. The normalized spacial score (nSPS) is 19.3. The zero-order valence-electron chi connectivity index (χ0n) is 11.7. The van der Waals surface area contributed by atoms with Gasteiger partial charge in [-0.2, -0.15) is 0 Å². The topological polar surface area (TPSA) is 89.4 Å². The van der Waals surface area contributed by atoms with Crippen LogP contribution >= 0.6 is 0 Å². The van der Waals surface area contributed by atoms with E-state index in [0.29, 0.717) is 19.4 Å². The maximum atomic E-state index is 12.4. The standard InChI is InChI=1S/C15H21N3O2/c1-2-5-12(16)15(20)18-9-11-7-4-3-6-10(11)8-13(18)14(17)19/h3-4,6-7,12-13H,2,5,8-9,16H2,1H3,(H2,17,19)/t12?,13-/m0/s1. The fraction of sp³-hybridized carbons (Fsp3) is 0.467. The van der Waals surface area contributed by atoms with Gasteiger partial charge in [0.15, 0.2) is 0 Å². The number of carbonyl (C=O) groups excluding carboxylic acids is 2. The zero-order chi connectivity index (χ0) is 14.7. The number of nitrogens with zero attached hydrogens (tertiary/aromatic N) is 1. The summed E-state index contributed by atoms with van der Waals surface area (Å²) >= 11 is 0. The highest BCUT2D eigenvalue weighted by Gasteiger charge is 2.34. The number of rotatable bonds is 4. The molecule has 1 aromatic rings. The Morgan fingerprint density at radius 2 is 2.00 bits per heavy atom. The summed E-state index contributed by atoms with van der Waals surface area (Å²) in [4.78, 5) is 25.6. The van der Waals surface area contributed by atoms with Gasteiger partial charge in [-0.1, -0.05) is 37.6 Å². The van der Waals surface area contributed by atoms with Crippen LogP contribution in [-0.4, -0.2) is 28.8 Å². The lowest BCUT2D eigenvalue weighted by Gasteiger charge is -2.36. The number of fused-ring (bicyclic) bond motifs is 1. The molecule has 1 aliphatic heterocycles. The summed E-state index contributed by atoms with van der Waals surface area (Å²) < 4.78 is 0. The van der Waals surface area contributed by atoms with Crippen molar-refractivity contribution < 1.29 is 9.59 Å². The van der Waals surface area contributed by atoms with Crippen molar-refractivity contribution in [3.63, 3.8) is 0 Å². The molecule has 2 rings (SSSR count). The van der Waals surface area contributed by atoms with Crippen molar-refractivity contribution in [3.05, 3.63) is 35.4 Å². The van der Waals surface area contributed by atoms with Gasteiger partial charge in [-0.25, -0.2) is 0 Å². The van der Waals surface area contributed by atoms with Crippen molar-refractivity contribution in [1.29, 1.82) is 0 Å². The quantitative estimate of drug-likeness (QED) is 0.841. The van der Waals surface area contributed by atoms with E-state index in [9.17, 15) is 9.59 Å². The second-order valence-corrected chi connectivity index (χ2v) is 5.25. The van der Waals surface area contributed by atoms with Crippen LogP contribution in [0.15, 0.2) is 24.3 Å². The highest BCUT2D eigenvalue weighted by molar-refractivity contribution is 5.89. The molecule has 0 fully saturated rings. The summed E-state index contributed by atoms with van der Waals surface area (Å²) in [6, 6.07) is 6.64. The number of carbonyl (C=O) groups is 2. The van der Waals surface area contributed by atoms with Crippen LogP contribution in [0.1, 0.15) is 30.9 Å². The third kappa shape index (κ3) is 2.82. The Balaban J connectivity index is 2.26. The highest BCUT2D eigenvalue weighted by atomic mass is 16.2. The maximum Gasteiger partial charge on any atom is 0.240 e. The lowest BCUT2D eigenvalue weighted by Crippen LogP contribution is -2.55. The van der Waals surface area contributed by atoms with Crippen LogP contribution in [0.4, 0.5) is 0 Å². The van der Waals surface area contributed by atoms with Gasteiger partial charge in [0, 0.05) is 13.0 Å². The highest BCUT2D eigenvalue weighted by Crippen LogP contribution is 2.24. The number of hydrogen-bond acceptors (Lipinski definition) is 3. The van der Waals surface area contributed by atoms with Crippen LogP contribution in [0.5, 0.6) is 0 Å². The third-order valence-electron chi connectivity index (χ3n) is 3.78. The minimum absolute atomic E-state index is 0.190. The van der Waals surface area contributed by atoms with E-state index in [4.69, 9.17) is 11.5 Å². The molecule has 0 saturated heterocycles. The average Bonchev–Trinajstić information content (AvgIpc) is 2.45.